The first-order valence-electron chi connectivity index (χ1n) is 5.39. The Balaban J connectivity index is 3.10. The van der Waals surface area contributed by atoms with E-state index in [4.69, 9.17) is 14.9 Å². The van der Waals surface area contributed by atoms with Crippen molar-refractivity contribution >= 4 is 22.0 Å². The van der Waals surface area contributed by atoms with Crippen molar-refractivity contribution in [3.8, 4) is 5.75 Å². The topological polar surface area (TPSA) is 130 Å². The van der Waals surface area contributed by atoms with E-state index in [9.17, 15) is 18.0 Å². The molecule has 1 aromatic carbocycles. The molecule has 20 heavy (non-hydrogen) atoms. The summed E-state index contributed by atoms with van der Waals surface area (Å²) in [4.78, 5) is 20.6. The average molecular weight is 303 g/mol. The van der Waals surface area contributed by atoms with E-state index in [1.807, 2.05) is 4.72 Å². The molecule has 0 aliphatic rings. The molecule has 0 fully saturated rings. The highest BCUT2D eigenvalue weighted by molar-refractivity contribution is 7.89. The van der Waals surface area contributed by atoms with Gasteiger partial charge in [-0.1, -0.05) is 6.07 Å². The molecule has 1 aromatic rings. The van der Waals surface area contributed by atoms with Crippen LogP contribution in [0.5, 0.6) is 5.75 Å². The molecular formula is C11H13NO7S. The first-order valence-corrected chi connectivity index (χ1v) is 6.87. The number of hydrogen-bond acceptors (Lipinski definition) is 5. The molecule has 3 N–H and O–H groups in total. The Kier molecular flexibility index (Phi) is 5.06. The Labute approximate surface area is 115 Å². The molecule has 0 saturated carbocycles. The van der Waals surface area contributed by atoms with Gasteiger partial charge in [-0.2, -0.15) is 4.72 Å². The maximum atomic E-state index is 12.0. The van der Waals surface area contributed by atoms with Crippen LogP contribution in [0.1, 0.15) is 5.56 Å². The second kappa shape index (κ2) is 6.35. The molecule has 0 spiro atoms. The van der Waals surface area contributed by atoms with Gasteiger partial charge in [-0.25, -0.2) is 13.2 Å². The van der Waals surface area contributed by atoms with Crippen LogP contribution in [0.2, 0.25) is 0 Å². The Morgan fingerprint density at radius 3 is 2.45 bits per heavy atom. The fraction of sp³-hybridized carbons (Fsp3) is 0.273. The fourth-order valence-electron chi connectivity index (χ4n) is 1.32. The van der Waals surface area contributed by atoms with Gasteiger partial charge in [-0.15, -0.1) is 0 Å². The average Bonchev–Trinajstić information content (AvgIpc) is 2.35. The minimum atomic E-state index is -4.11. The lowest BCUT2D eigenvalue weighted by atomic mass is 10.2. The third-order valence-corrected chi connectivity index (χ3v) is 3.58. The molecule has 1 rings (SSSR count). The quantitative estimate of drug-likeness (QED) is 0.637. The molecule has 0 bridgehead atoms. The van der Waals surface area contributed by atoms with Crippen LogP contribution < -0.4 is 9.46 Å². The van der Waals surface area contributed by atoms with Gasteiger partial charge in [-0.3, -0.25) is 4.79 Å². The van der Waals surface area contributed by atoms with Gasteiger partial charge in [0, 0.05) is 0 Å². The second-order valence-electron chi connectivity index (χ2n) is 3.85. The molecular weight excluding hydrogens is 290 g/mol. The zero-order chi connectivity index (χ0) is 15.3. The summed E-state index contributed by atoms with van der Waals surface area (Å²) in [6.45, 7) is 0.149. The second-order valence-corrected chi connectivity index (χ2v) is 5.59. The van der Waals surface area contributed by atoms with Crippen LogP contribution in [0.15, 0.2) is 23.1 Å². The number of benzene rings is 1. The molecule has 0 amide bonds. The Morgan fingerprint density at radius 1 is 1.25 bits per heavy atom. The van der Waals surface area contributed by atoms with Crippen LogP contribution in [0.3, 0.4) is 0 Å². The summed E-state index contributed by atoms with van der Waals surface area (Å²) in [6, 6.07) is 4.13. The Morgan fingerprint density at radius 2 is 1.90 bits per heavy atom. The van der Waals surface area contributed by atoms with E-state index >= 15 is 0 Å². The Bertz CT molecular complexity index is 624. The van der Waals surface area contributed by atoms with Crippen molar-refractivity contribution < 1.29 is 33.0 Å². The van der Waals surface area contributed by atoms with Crippen LogP contribution in [0.4, 0.5) is 0 Å². The molecule has 0 heterocycles. The maximum absolute atomic E-state index is 12.0. The molecule has 0 aromatic heterocycles. The van der Waals surface area contributed by atoms with E-state index in [1.54, 1.807) is 13.0 Å². The van der Waals surface area contributed by atoms with Gasteiger partial charge in [0.25, 0.3) is 0 Å². The van der Waals surface area contributed by atoms with Crippen LogP contribution >= 0.6 is 0 Å². The number of aryl methyl sites for hydroxylation is 1. The van der Waals surface area contributed by atoms with Gasteiger partial charge in [0.2, 0.25) is 10.0 Å². The zero-order valence-electron chi connectivity index (χ0n) is 10.5. The van der Waals surface area contributed by atoms with Crippen LogP contribution in [-0.2, 0) is 19.6 Å². The number of ether oxygens (including phenoxy) is 1. The number of carboxylic acids is 2. The van der Waals surface area contributed by atoms with Crippen molar-refractivity contribution in [2.45, 2.75) is 11.8 Å². The molecule has 0 aliphatic heterocycles. The lowest BCUT2D eigenvalue weighted by Gasteiger charge is -2.11. The highest BCUT2D eigenvalue weighted by atomic mass is 32.2. The van der Waals surface area contributed by atoms with Crippen molar-refractivity contribution in [3.05, 3.63) is 23.8 Å². The number of nitrogens with one attached hydrogen (secondary N) is 1. The lowest BCUT2D eigenvalue weighted by Crippen LogP contribution is -2.30. The highest BCUT2D eigenvalue weighted by Crippen LogP contribution is 2.24. The van der Waals surface area contributed by atoms with E-state index in [0.29, 0.717) is 5.56 Å². The molecule has 110 valence electrons. The van der Waals surface area contributed by atoms with Crippen molar-refractivity contribution in [3.63, 3.8) is 0 Å². The van der Waals surface area contributed by atoms with E-state index in [1.165, 1.54) is 12.1 Å². The summed E-state index contributed by atoms with van der Waals surface area (Å²) in [6.07, 6.45) is 0. The first-order chi connectivity index (χ1) is 9.22. The van der Waals surface area contributed by atoms with Gasteiger partial charge < -0.3 is 14.9 Å². The standard InChI is InChI=1S/C11H13NO7S/c1-7-2-3-8(19-6-11(15)16)9(4-7)20(17,18)12-5-10(13)14/h2-4,12H,5-6H2,1H3,(H,13,14)(H,15,16). The van der Waals surface area contributed by atoms with E-state index in [2.05, 4.69) is 0 Å². The number of hydrogen-bond donors (Lipinski definition) is 3. The summed E-state index contributed by atoms with van der Waals surface area (Å²) < 4.78 is 30.7. The third-order valence-electron chi connectivity index (χ3n) is 2.15. The normalized spacial score (nSPS) is 11.1. The minimum absolute atomic E-state index is 0.157. The van der Waals surface area contributed by atoms with Crippen LogP contribution in [0.25, 0.3) is 0 Å². The molecule has 8 nitrogen and oxygen atoms in total. The molecule has 0 atom stereocenters. The van der Waals surface area contributed by atoms with E-state index < -0.39 is 35.1 Å². The summed E-state index contributed by atoms with van der Waals surface area (Å²) in [5.74, 6) is -2.75. The summed E-state index contributed by atoms with van der Waals surface area (Å²) >= 11 is 0. The largest absolute Gasteiger partial charge is 0.480 e. The number of rotatable bonds is 7. The zero-order valence-corrected chi connectivity index (χ0v) is 11.3. The predicted molar refractivity (Wildman–Crippen MR) is 67.1 cm³/mol. The minimum Gasteiger partial charge on any atom is -0.480 e. The number of carboxylic acid groups (broad SMARTS) is 2. The molecule has 0 radical (unpaired) electrons. The fourth-order valence-corrected chi connectivity index (χ4v) is 2.52. The Hall–Kier alpha value is -2.13. The lowest BCUT2D eigenvalue weighted by molar-refractivity contribution is -0.139. The molecule has 9 heteroatoms. The number of sulfonamides is 1. The molecule has 0 unspecified atom stereocenters. The van der Waals surface area contributed by atoms with Crippen molar-refractivity contribution in [1.29, 1.82) is 0 Å². The summed E-state index contributed by atoms with van der Waals surface area (Å²) in [7, 11) is -4.11. The van der Waals surface area contributed by atoms with Gasteiger partial charge in [0.05, 0.1) is 0 Å². The first kappa shape index (κ1) is 15.9. The van der Waals surface area contributed by atoms with Gasteiger partial charge in [0.1, 0.15) is 17.2 Å². The van der Waals surface area contributed by atoms with E-state index in [-0.39, 0.29) is 10.6 Å². The van der Waals surface area contributed by atoms with E-state index in [0.717, 1.165) is 0 Å². The maximum Gasteiger partial charge on any atom is 0.341 e. The summed E-state index contributed by atoms with van der Waals surface area (Å²) in [5, 5.41) is 17.0. The smallest absolute Gasteiger partial charge is 0.341 e. The van der Waals surface area contributed by atoms with Gasteiger partial charge >= 0.3 is 11.9 Å². The molecule has 0 aliphatic carbocycles. The van der Waals surface area contributed by atoms with Crippen molar-refractivity contribution in [2.75, 3.05) is 13.2 Å². The van der Waals surface area contributed by atoms with Crippen molar-refractivity contribution in [2.24, 2.45) is 0 Å². The third kappa shape index (κ3) is 4.52. The predicted octanol–water partition coefficient (Wildman–Crippen LogP) is -0.179. The number of aliphatic carboxylic acids is 2. The number of carbonyl (C=O) groups is 2. The van der Waals surface area contributed by atoms with Crippen LogP contribution in [0, 0.1) is 6.92 Å². The highest BCUT2D eigenvalue weighted by Gasteiger charge is 2.21. The monoisotopic (exact) mass is 303 g/mol. The van der Waals surface area contributed by atoms with Crippen molar-refractivity contribution in [1.82, 2.24) is 4.72 Å². The van der Waals surface area contributed by atoms with Crippen LogP contribution in [-0.4, -0.2) is 43.7 Å². The van der Waals surface area contributed by atoms with Gasteiger partial charge in [0.15, 0.2) is 6.61 Å². The SMILES string of the molecule is Cc1ccc(OCC(=O)O)c(S(=O)(=O)NCC(=O)O)c1. The summed E-state index contributed by atoms with van der Waals surface area (Å²) in [5.41, 5.74) is 0.600. The van der Waals surface area contributed by atoms with Gasteiger partial charge in [-0.05, 0) is 24.6 Å². The molecule has 0 saturated heterocycles.